The molecule has 0 spiro atoms. The van der Waals surface area contributed by atoms with E-state index in [-0.39, 0.29) is 11.5 Å². The molecule has 1 aromatic carbocycles. The number of anilines is 1. The van der Waals surface area contributed by atoms with E-state index in [0.717, 1.165) is 6.07 Å². The van der Waals surface area contributed by atoms with Crippen LogP contribution in [0.15, 0.2) is 41.8 Å². The monoisotopic (exact) mass is 285 g/mol. The van der Waals surface area contributed by atoms with Crippen molar-refractivity contribution in [3.63, 3.8) is 0 Å². The molecule has 0 saturated heterocycles. The van der Waals surface area contributed by atoms with E-state index in [1.807, 2.05) is 0 Å². The summed E-state index contributed by atoms with van der Waals surface area (Å²) in [5.41, 5.74) is 4.05. The number of thiophene rings is 1. The highest BCUT2D eigenvalue weighted by Gasteiger charge is 2.33. The summed E-state index contributed by atoms with van der Waals surface area (Å²) in [7, 11) is 0. The Morgan fingerprint density at radius 3 is 2.63 bits per heavy atom. The molecule has 0 fully saturated rings. The lowest BCUT2D eigenvalue weighted by atomic mass is 10.2. The molecule has 2 aromatic rings. The number of halogens is 3. The molecule has 3 N–H and O–H groups in total. The first-order chi connectivity index (χ1) is 9.52. The van der Waals surface area contributed by atoms with Gasteiger partial charge in [-0.1, -0.05) is 18.2 Å². The molecule has 0 aliphatic rings. The molecule has 0 saturated carbocycles. The van der Waals surface area contributed by atoms with Gasteiger partial charge in [-0.2, -0.15) is 13.2 Å². The molecule has 0 unspecified atom stereocenters. The zero-order valence-corrected chi connectivity index (χ0v) is 10.3. The van der Waals surface area contributed by atoms with E-state index < -0.39 is 11.7 Å². The molecule has 2 rings (SSSR count). The first kappa shape index (κ1) is 12.0. The summed E-state index contributed by atoms with van der Waals surface area (Å²) >= 11 is 1.32. The van der Waals surface area contributed by atoms with E-state index in [0.29, 0.717) is 4.88 Å². The first-order valence-electron chi connectivity index (χ1n) is 5.71. The van der Waals surface area contributed by atoms with Gasteiger partial charge in [0.2, 0.25) is 0 Å². The number of hydrogen-bond donors (Lipinski definition) is 3. The second-order valence-electron chi connectivity index (χ2n) is 3.62. The van der Waals surface area contributed by atoms with Crippen LogP contribution in [0.4, 0.5) is 18.9 Å². The fraction of sp³-hybridized carbons (Fsp3) is 0.0833. The van der Waals surface area contributed by atoms with Crippen molar-refractivity contribution in [2.24, 2.45) is 0 Å². The van der Waals surface area contributed by atoms with Crippen molar-refractivity contribution >= 4 is 22.9 Å². The van der Waals surface area contributed by atoms with Gasteiger partial charge in [-0.25, -0.2) is 0 Å². The van der Waals surface area contributed by atoms with Crippen molar-refractivity contribution in [1.29, 1.82) is 5.40 Å². The topological polar surface area (TPSA) is 47.9 Å². The fourth-order valence-corrected chi connectivity index (χ4v) is 2.06. The summed E-state index contributed by atoms with van der Waals surface area (Å²) in [5, 5.41) is 5.04. The predicted molar refractivity (Wildman–Crippen MR) is 69.4 cm³/mol. The molecule has 100 valence electrons. The van der Waals surface area contributed by atoms with Crippen molar-refractivity contribution in [3.05, 3.63) is 52.2 Å². The zero-order valence-electron chi connectivity index (χ0n) is 10.5. The molecule has 0 aliphatic heterocycles. The number of hydrogen-bond acceptors (Lipinski definition) is 3. The van der Waals surface area contributed by atoms with Crippen LogP contribution in [-0.4, -0.2) is 5.84 Å². The van der Waals surface area contributed by atoms with Crippen LogP contribution in [0.25, 0.3) is 0 Å². The number of rotatable bonds is 3. The number of benzene rings is 1. The molecule has 19 heavy (non-hydrogen) atoms. The van der Waals surface area contributed by atoms with Crippen LogP contribution in [0, 0.1) is 5.40 Å². The van der Waals surface area contributed by atoms with Gasteiger partial charge in [0.25, 0.3) is 0 Å². The SMILES string of the molecule is [H]/N=C(\NNc1ccccc1C(F)(F)F)c1cccs1. The van der Waals surface area contributed by atoms with Crippen molar-refractivity contribution < 1.29 is 14.6 Å². The summed E-state index contributed by atoms with van der Waals surface area (Å²) < 4.78 is 45.4. The highest BCUT2D eigenvalue weighted by atomic mass is 32.1. The number of hydrazine groups is 1. The zero-order chi connectivity index (χ0) is 14.6. The summed E-state index contributed by atoms with van der Waals surface area (Å²) in [5.74, 6) is 0.150. The third-order valence-corrected chi connectivity index (χ3v) is 3.18. The average molecular weight is 285 g/mol. The lowest BCUT2D eigenvalue weighted by Gasteiger charge is -2.15. The van der Waals surface area contributed by atoms with Gasteiger partial charge in [-0.15, -0.1) is 11.3 Å². The standard InChI is InChI=1S/C12H10F3N3S/c13-12(14,15)8-4-1-2-5-9(8)17-18-11(16)10-6-3-7-19-10/h1-7,17H,(H2,16,18). The molecule has 0 aliphatic carbocycles. The summed E-state index contributed by atoms with van der Waals surface area (Å²) in [6.45, 7) is 0. The van der Waals surface area contributed by atoms with Gasteiger partial charge in [0.15, 0.2) is 7.25 Å². The van der Waals surface area contributed by atoms with Crippen molar-refractivity contribution in [2.75, 3.05) is 5.43 Å². The number of amidine groups is 1. The molecule has 0 atom stereocenters. The van der Waals surface area contributed by atoms with Crippen LogP contribution < -0.4 is 10.9 Å². The minimum atomic E-state index is -4.45. The van der Waals surface area contributed by atoms with Crippen molar-refractivity contribution in [1.82, 2.24) is 5.43 Å². The molecule has 0 radical (unpaired) electrons. The molecular formula is C12H10F3N3S. The normalized spacial score (nSPS) is 13.0. The first-order valence-corrected chi connectivity index (χ1v) is 6.14. The molecule has 1 heterocycles. The molecule has 1 aromatic heterocycles. The van der Waals surface area contributed by atoms with Gasteiger partial charge in [-0.3, -0.25) is 16.3 Å². The largest absolute Gasteiger partial charge is 0.418 e. The Morgan fingerprint density at radius 1 is 1.21 bits per heavy atom. The average Bonchev–Trinajstić information content (AvgIpc) is 2.93. The molecule has 3 nitrogen and oxygen atoms in total. The van der Waals surface area contributed by atoms with Crippen LogP contribution in [0.1, 0.15) is 10.4 Å². The molecule has 0 amide bonds. The minimum absolute atomic E-state index is 0.127. The minimum Gasteiger partial charge on any atom is -0.299 e. The smallest absolute Gasteiger partial charge is 0.299 e. The van der Waals surface area contributed by atoms with Gasteiger partial charge < -0.3 is 0 Å². The highest BCUT2D eigenvalue weighted by Crippen LogP contribution is 2.34. The number of para-hydroxylation sites is 1. The number of nitrogens with one attached hydrogen (secondary N) is 3. The van der Waals surface area contributed by atoms with Crippen LogP contribution in [0.3, 0.4) is 0 Å². The fourth-order valence-electron chi connectivity index (χ4n) is 1.44. The molecule has 0 bridgehead atoms. The van der Waals surface area contributed by atoms with E-state index >= 15 is 0 Å². The van der Waals surface area contributed by atoms with E-state index in [1.54, 1.807) is 17.5 Å². The van der Waals surface area contributed by atoms with Crippen molar-refractivity contribution in [3.8, 4) is 0 Å². The Kier molecular flexibility index (Phi) is 3.37. The van der Waals surface area contributed by atoms with Gasteiger partial charge in [-0.05, 0) is 23.6 Å². The van der Waals surface area contributed by atoms with E-state index in [1.165, 1.54) is 29.5 Å². The van der Waals surface area contributed by atoms with Crippen LogP contribution in [0.2, 0.25) is 1.41 Å². The van der Waals surface area contributed by atoms with Gasteiger partial charge in [0, 0.05) is 0 Å². The third kappa shape index (κ3) is 3.25. The molecule has 7 heteroatoms. The molecular weight excluding hydrogens is 275 g/mol. The Balaban J connectivity index is 2.16. The van der Waals surface area contributed by atoms with Gasteiger partial charge in [0.05, 0.1) is 16.1 Å². The Bertz CT molecular complexity index is 596. The van der Waals surface area contributed by atoms with Crippen LogP contribution in [-0.2, 0) is 6.18 Å². The summed E-state index contributed by atoms with van der Waals surface area (Å²) in [4.78, 5) is 0.650. The lowest BCUT2D eigenvalue weighted by Crippen LogP contribution is -2.29. The predicted octanol–water partition coefficient (Wildman–Crippen LogP) is 3.71. The quantitative estimate of drug-likeness (QED) is 0.457. The number of alkyl halides is 3. The maximum absolute atomic E-state index is 12.8. The van der Waals surface area contributed by atoms with E-state index in [4.69, 9.17) is 1.41 Å². The Labute approximate surface area is 113 Å². The van der Waals surface area contributed by atoms with Crippen LogP contribution >= 0.6 is 11.3 Å². The van der Waals surface area contributed by atoms with Crippen LogP contribution in [0.5, 0.6) is 0 Å². The van der Waals surface area contributed by atoms with Crippen molar-refractivity contribution in [2.45, 2.75) is 6.18 Å². The second kappa shape index (κ2) is 5.31. The summed E-state index contributed by atoms with van der Waals surface area (Å²) in [6.07, 6.45) is -4.45. The Hall–Kier alpha value is -2.02. The van der Waals surface area contributed by atoms with Gasteiger partial charge in [0.1, 0.15) is 0 Å². The maximum atomic E-state index is 12.8. The lowest BCUT2D eigenvalue weighted by molar-refractivity contribution is -0.137. The summed E-state index contributed by atoms with van der Waals surface area (Å²) in [6, 6.07) is 8.55. The van der Waals surface area contributed by atoms with E-state index in [9.17, 15) is 13.2 Å². The maximum Gasteiger partial charge on any atom is 0.418 e. The highest BCUT2D eigenvalue weighted by molar-refractivity contribution is 7.12. The van der Waals surface area contributed by atoms with E-state index in [2.05, 4.69) is 16.3 Å². The third-order valence-electron chi connectivity index (χ3n) is 2.30. The second-order valence-corrected chi connectivity index (χ2v) is 4.57. The Morgan fingerprint density at radius 2 is 2.00 bits per heavy atom. The van der Waals surface area contributed by atoms with Gasteiger partial charge >= 0.3 is 6.18 Å².